The summed E-state index contributed by atoms with van der Waals surface area (Å²) in [5.74, 6) is 1.79. The van der Waals surface area contributed by atoms with Crippen LogP contribution in [-0.2, 0) is 29.9 Å². The van der Waals surface area contributed by atoms with E-state index in [-0.39, 0.29) is 5.91 Å². The first-order valence-electron chi connectivity index (χ1n) is 8.50. The molecular formula is C20H21NOS2. The van der Waals surface area contributed by atoms with Crippen molar-refractivity contribution in [2.75, 3.05) is 0 Å². The average Bonchev–Trinajstić information content (AvgIpc) is 2.97. The van der Waals surface area contributed by atoms with E-state index in [2.05, 4.69) is 18.3 Å². The molecule has 0 unspecified atom stereocenters. The Morgan fingerprint density at radius 2 is 2.08 bits per heavy atom. The van der Waals surface area contributed by atoms with Crippen LogP contribution in [0.25, 0.3) is 6.08 Å². The predicted octanol–water partition coefficient (Wildman–Crippen LogP) is 4.78. The molecule has 1 aromatic heterocycles. The number of amides is 1. The van der Waals surface area contributed by atoms with Crippen molar-refractivity contribution in [1.82, 2.24) is 5.32 Å². The average molecular weight is 356 g/mol. The Hall–Kier alpha value is -1.52. The lowest BCUT2D eigenvalue weighted by atomic mass is 9.88. The molecule has 1 N–H and O–H groups in total. The molecule has 0 saturated carbocycles. The summed E-state index contributed by atoms with van der Waals surface area (Å²) in [4.78, 5) is 16.2. The maximum Gasteiger partial charge on any atom is 0.258 e. The number of benzene rings is 1. The van der Waals surface area contributed by atoms with Gasteiger partial charge in [-0.15, -0.1) is 23.1 Å². The van der Waals surface area contributed by atoms with E-state index >= 15 is 0 Å². The van der Waals surface area contributed by atoms with Crippen molar-refractivity contribution >= 4 is 35.1 Å². The van der Waals surface area contributed by atoms with Gasteiger partial charge in [0.15, 0.2) is 0 Å². The maximum absolute atomic E-state index is 12.5. The van der Waals surface area contributed by atoms with E-state index in [0.717, 1.165) is 22.1 Å². The minimum Gasteiger partial charge on any atom is -0.348 e. The van der Waals surface area contributed by atoms with Crippen LogP contribution in [0.1, 0.15) is 39.8 Å². The molecule has 0 spiro atoms. The minimum atomic E-state index is 0.0502. The predicted molar refractivity (Wildman–Crippen MR) is 103 cm³/mol. The highest BCUT2D eigenvalue weighted by atomic mass is 32.2. The number of hydrogen-bond donors (Lipinski definition) is 1. The first-order valence-corrected chi connectivity index (χ1v) is 10.3. The molecular weight excluding hydrogens is 334 g/mol. The summed E-state index contributed by atoms with van der Waals surface area (Å²) in [6.45, 7) is 2.93. The third-order valence-electron chi connectivity index (χ3n) is 4.81. The summed E-state index contributed by atoms with van der Waals surface area (Å²) >= 11 is 3.59. The van der Waals surface area contributed by atoms with Crippen LogP contribution in [0.4, 0.5) is 0 Å². The fourth-order valence-corrected chi connectivity index (χ4v) is 6.10. The lowest BCUT2D eigenvalue weighted by Gasteiger charge is -2.19. The zero-order valence-corrected chi connectivity index (χ0v) is 15.4. The molecule has 1 aromatic carbocycles. The van der Waals surface area contributed by atoms with Crippen LogP contribution in [0.2, 0.25) is 0 Å². The lowest BCUT2D eigenvalue weighted by molar-refractivity contribution is -0.116. The van der Waals surface area contributed by atoms with E-state index in [1.54, 1.807) is 22.2 Å². The summed E-state index contributed by atoms with van der Waals surface area (Å²) in [6.07, 6.45) is 5.83. The van der Waals surface area contributed by atoms with E-state index < -0.39 is 0 Å². The number of thioether (sulfide) groups is 1. The van der Waals surface area contributed by atoms with Gasteiger partial charge in [-0.2, -0.15) is 0 Å². The number of thiophene rings is 1. The molecule has 4 heteroatoms. The number of nitrogens with one attached hydrogen (secondary N) is 1. The van der Waals surface area contributed by atoms with Crippen LogP contribution in [0.5, 0.6) is 0 Å². The normalized spacial score (nSPS) is 19.2. The van der Waals surface area contributed by atoms with Crippen molar-refractivity contribution in [2.24, 2.45) is 5.92 Å². The zero-order chi connectivity index (χ0) is 16.5. The molecule has 0 radical (unpaired) electrons. The van der Waals surface area contributed by atoms with Gasteiger partial charge in [-0.3, -0.25) is 4.79 Å². The SMILES string of the molecule is C[C@H]1CCc2c(sc3c2CSC(C(=O)NCc2ccccc2)=C3)C1. The van der Waals surface area contributed by atoms with E-state index in [4.69, 9.17) is 0 Å². The third-order valence-corrected chi connectivity index (χ3v) is 7.10. The minimum absolute atomic E-state index is 0.0502. The quantitative estimate of drug-likeness (QED) is 0.859. The Morgan fingerprint density at radius 1 is 1.25 bits per heavy atom. The molecule has 2 aromatic rings. The molecule has 24 heavy (non-hydrogen) atoms. The summed E-state index contributed by atoms with van der Waals surface area (Å²) in [5, 5.41) is 3.04. The van der Waals surface area contributed by atoms with Crippen molar-refractivity contribution < 1.29 is 4.79 Å². The fourth-order valence-electron chi connectivity index (χ4n) is 3.42. The Morgan fingerprint density at radius 3 is 2.92 bits per heavy atom. The van der Waals surface area contributed by atoms with Crippen molar-refractivity contribution in [3.05, 3.63) is 61.7 Å². The lowest BCUT2D eigenvalue weighted by Crippen LogP contribution is -2.24. The highest BCUT2D eigenvalue weighted by molar-refractivity contribution is 8.03. The van der Waals surface area contributed by atoms with Gasteiger partial charge in [0.05, 0.1) is 4.91 Å². The van der Waals surface area contributed by atoms with Gasteiger partial charge in [-0.25, -0.2) is 0 Å². The molecule has 0 fully saturated rings. The molecule has 0 saturated heterocycles. The topological polar surface area (TPSA) is 29.1 Å². The van der Waals surface area contributed by atoms with Crippen molar-refractivity contribution in [3.8, 4) is 0 Å². The van der Waals surface area contributed by atoms with Crippen LogP contribution >= 0.6 is 23.1 Å². The molecule has 2 heterocycles. The first-order chi connectivity index (χ1) is 11.7. The van der Waals surface area contributed by atoms with E-state index in [9.17, 15) is 4.79 Å². The number of carbonyl (C=O) groups is 1. The molecule has 2 aliphatic rings. The second-order valence-corrected chi connectivity index (χ2v) is 8.81. The Bertz CT molecular complexity index is 791. The van der Waals surface area contributed by atoms with Crippen molar-refractivity contribution in [1.29, 1.82) is 0 Å². The van der Waals surface area contributed by atoms with Gasteiger partial charge in [0, 0.05) is 22.1 Å². The Labute approximate surface area is 151 Å². The zero-order valence-electron chi connectivity index (χ0n) is 13.8. The number of rotatable bonds is 3. The number of fused-ring (bicyclic) bond motifs is 3. The molecule has 1 atom stereocenters. The molecule has 124 valence electrons. The monoisotopic (exact) mass is 355 g/mol. The van der Waals surface area contributed by atoms with Crippen molar-refractivity contribution in [3.63, 3.8) is 0 Å². The van der Waals surface area contributed by atoms with Crippen LogP contribution in [0, 0.1) is 5.92 Å². The molecule has 2 nitrogen and oxygen atoms in total. The Balaban J connectivity index is 1.49. The summed E-state index contributed by atoms with van der Waals surface area (Å²) in [5.41, 5.74) is 4.21. The van der Waals surface area contributed by atoms with E-state index in [1.807, 2.05) is 41.7 Å². The second kappa shape index (κ2) is 6.77. The smallest absolute Gasteiger partial charge is 0.258 e. The molecule has 1 aliphatic heterocycles. The van der Waals surface area contributed by atoms with Gasteiger partial charge < -0.3 is 5.32 Å². The van der Waals surface area contributed by atoms with Gasteiger partial charge in [-0.05, 0) is 47.9 Å². The summed E-state index contributed by atoms with van der Waals surface area (Å²) in [6, 6.07) is 10.1. The van der Waals surface area contributed by atoms with E-state index in [0.29, 0.717) is 6.54 Å². The van der Waals surface area contributed by atoms with Gasteiger partial charge in [0.2, 0.25) is 0 Å². The standard InChI is InChI=1S/C20H21NOS2/c1-13-7-8-15-16-12-23-19(10-18(16)24-17(15)9-13)20(22)21-11-14-5-3-2-4-6-14/h2-6,10,13H,7-9,11-12H2,1H3,(H,21,22)/t13-/m0/s1. The van der Waals surface area contributed by atoms with E-state index in [1.165, 1.54) is 29.7 Å². The van der Waals surface area contributed by atoms with Gasteiger partial charge in [0.25, 0.3) is 5.91 Å². The van der Waals surface area contributed by atoms with Crippen LogP contribution in [-0.4, -0.2) is 5.91 Å². The second-order valence-electron chi connectivity index (χ2n) is 6.66. The highest BCUT2D eigenvalue weighted by Gasteiger charge is 2.26. The highest BCUT2D eigenvalue weighted by Crippen LogP contribution is 2.43. The fraction of sp³-hybridized carbons (Fsp3) is 0.350. The Kier molecular flexibility index (Phi) is 4.51. The first kappa shape index (κ1) is 16.0. The van der Waals surface area contributed by atoms with Gasteiger partial charge >= 0.3 is 0 Å². The molecule has 1 aliphatic carbocycles. The van der Waals surface area contributed by atoms with Crippen LogP contribution in [0.3, 0.4) is 0 Å². The van der Waals surface area contributed by atoms with Crippen molar-refractivity contribution in [2.45, 2.75) is 38.5 Å². The summed E-state index contributed by atoms with van der Waals surface area (Å²) < 4.78 is 0. The van der Waals surface area contributed by atoms with Crippen LogP contribution < -0.4 is 5.32 Å². The molecule has 1 amide bonds. The largest absolute Gasteiger partial charge is 0.348 e. The van der Waals surface area contributed by atoms with Gasteiger partial charge in [-0.1, -0.05) is 37.3 Å². The number of hydrogen-bond acceptors (Lipinski definition) is 3. The van der Waals surface area contributed by atoms with Gasteiger partial charge in [0.1, 0.15) is 0 Å². The molecule has 4 rings (SSSR count). The number of carbonyl (C=O) groups excluding carboxylic acids is 1. The molecule has 0 bridgehead atoms. The third kappa shape index (κ3) is 3.17. The maximum atomic E-state index is 12.5. The summed E-state index contributed by atoms with van der Waals surface area (Å²) in [7, 11) is 0. The van der Waals surface area contributed by atoms with Crippen LogP contribution in [0.15, 0.2) is 35.2 Å².